The summed E-state index contributed by atoms with van der Waals surface area (Å²) in [6.45, 7) is 11.8. The molecule has 0 aromatic rings. The predicted octanol–water partition coefficient (Wildman–Crippen LogP) is 2.78. The van der Waals surface area contributed by atoms with Crippen molar-refractivity contribution in [2.24, 2.45) is 0 Å². The molecule has 0 bridgehead atoms. The lowest BCUT2D eigenvalue weighted by atomic mass is 10.3. The van der Waals surface area contributed by atoms with Crippen molar-refractivity contribution in [2.75, 3.05) is 47.6 Å². The van der Waals surface area contributed by atoms with Crippen molar-refractivity contribution in [1.29, 1.82) is 0 Å². The van der Waals surface area contributed by atoms with Crippen LogP contribution >= 0.6 is 0 Å². The lowest BCUT2D eigenvalue weighted by Crippen LogP contribution is -2.44. The first-order valence-electron chi connectivity index (χ1n) is 8.67. The Kier molecular flexibility index (Phi) is 11.8. The Morgan fingerprint density at radius 3 is 1.96 bits per heavy atom. The Morgan fingerprint density at radius 1 is 0.957 bits per heavy atom. The molecule has 0 heterocycles. The number of hydrogen-bond donors (Lipinski definition) is 1. The first-order chi connectivity index (χ1) is 10.6. The van der Waals surface area contributed by atoms with E-state index in [2.05, 4.69) is 26.2 Å². The third-order valence-corrected chi connectivity index (χ3v) is 11.2. The lowest BCUT2D eigenvalue weighted by Gasteiger charge is -2.34. The predicted molar refractivity (Wildman–Crippen MR) is 102 cm³/mol. The van der Waals surface area contributed by atoms with Crippen LogP contribution in [0.2, 0.25) is 38.3 Å². The van der Waals surface area contributed by atoms with Gasteiger partial charge < -0.3 is 23.6 Å². The average molecular weight is 366 g/mol. The van der Waals surface area contributed by atoms with Gasteiger partial charge in [-0.25, -0.2) is 0 Å². The SMILES string of the molecule is COCCC[Si](C)(C)O[Si](C)(C)CCCOCC(O)CN(C)C. The van der Waals surface area contributed by atoms with E-state index >= 15 is 0 Å². The van der Waals surface area contributed by atoms with E-state index in [9.17, 15) is 5.11 Å². The highest BCUT2D eigenvalue weighted by Gasteiger charge is 2.32. The molecule has 0 spiro atoms. The van der Waals surface area contributed by atoms with E-state index in [0.717, 1.165) is 31.5 Å². The van der Waals surface area contributed by atoms with Gasteiger partial charge in [-0.3, -0.25) is 0 Å². The second-order valence-electron chi connectivity index (χ2n) is 7.81. The van der Waals surface area contributed by atoms with Crippen LogP contribution in [0.15, 0.2) is 0 Å². The van der Waals surface area contributed by atoms with Crippen LogP contribution in [0.3, 0.4) is 0 Å². The fourth-order valence-corrected chi connectivity index (χ4v) is 11.6. The summed E-state index contributed by atoms with van der Waals surface area (Å²) >= 11 is 0. The first-order valence-corrected chi connectivity index (χ1v) is 14.9. The van der Waals surface area contributed by atoms with E-state index in [0.29, 0.717) is 19.8 Å². The molecule has 0 fully saturated rings. The molecule has 1 unspecified atom stereocenters. The second kappa shape index (κ2) is 11.7. The zero-order valence-corrected chi connectivity index (χ0v) is 18.4. The second-order valence-corrected chi connectivity index (χ2v) is 16.7. The molecule has 0 aromatic heterocycles. The molecule has 0 rings (SSSR count). The van der Waals surface area contributed by atoms with Gasteiger partial charge >= 0.3 is 0 Å². The molecule has 0 saturated carbocycles. The maximum Gasteiger partial charge on any atom is 0.173 e. The molecule has 0 aliphatic carbocycles. The zero-order chi connectivity index (χ0) is 17.9. The van der Waals surface area contributed by atoms with Crippen LogP contribution < -0.4 is 0 Å². The minimum atomic E-state index is -1.63. The van der Waals surface area contributed by atoms with Crippen LogP contribution in [0.4, 0.5) is 0 Å². The minimum absolute atomic E-state index is 0.404. The van der Waals surface area contributed by atoms with E-state index < -0.39 is 22.7 Å². The summed E-state index contributed by atoms with van der Waals surface area (Å²) in [5.41, 5.74) is 0. The highest BCUT2D eigenvalue weighted by Crippen LogP contribution is 2.23. The van der Waals surface area contributed by atoms with Crippen molar-refractivity contribution in [2.45, 2.75) is 57.2 Å². The highest BCUT2D eigenvalue weighted by molar-refractivity contribution is 6.84. The largest absolute Gasteiger partial charge is 0.455 e. The maximum absolute atomic E-state index is 9.75. The van der Waals surface area contributed by atoms with Gasteiger partial charge in [0.05, 0.1) is 12.7 Å². The summed E-state index contributed by atoms with van der Waals surface area (Å²) in [6.07, 6.45) is 1.70. The molecule has 0 amide bonds. The zero-order valence-electron chi connectivity index (χ0n) is 16.4. The number of aliphatic hydroxyl groups is 1. The topological polar surface area (TPSA) is 51.2 Å². The Morgan fingerprint density at radius 2 is 1.48 bits per heavy atom. The molecule has 1 N–H and O–H groups in total. The third-order valence-electron chi connectivity index (χ3n) is 3.63. The van der Waals surface area contributed by atoms with Crippen molar-refractivity contribution in [3.8, 4) is 0 Å². The normalized spacial score (nSPS) is 14.5. The van der Waals surface area contributed by atoms with Crippen molar-refractivity contribution < 1.29 is 18.7 Å². The molecule has 7 heteroatoms. The smallest absolute Gasteiger partial charge is 0.173 e. The number of rotatable bonds is 14. The fourth-order valence-electron chi connectivity index (χ4n) is 2.79. The molecule has 5 nitrogen and oxygen atoms in total. The van der Waals surface area contributed by atoms with Gasteiger partial charge in [0.15, 0.2) is 16.6 Å². The molecule has 0 saturated heterocycles. The number of methoxy groups -OCH3 is 1. The van der Waals surface area contributed by atoms with Crippen LogP contribution in [0, 0.1) is 0 Å². The number of aliphatic hydroxyl groups excluding tert-OH is 1. The van der Waals surface area contributed by atoms with E-state index in [1.165, 1.54) is 0 Å². The molecular formula is C16H39NO4Si2. The van der Waals surface area contributed by atoms with Crippen LogP contribution in [0.25, 0.3) is 0 Å². The van der Waals surface area contributed by atoms with E-state index in [4.69, 9.17) is 13.6 Å². The van der Waals surface area contributed by atoms with Crippen LogP contribution in [0.5, 0.6) is 0 Å². The van der Waals surface area contributed by atoms with E-state index in [1.54, 1.807) is 7.11 Å². The molecule has 0 radical (unpaired) electrons. The number of nitrogens with zero attached hydrogens (tertiary/aromatic N) is 1. The summed E-state index contributed by atoms with van der Waals surface area (Å²) in [6, 6.07) is 2.27. The Labute approximate surface area is 145 Å². The minimum Gasteiger partial charge on any atom is -0.455 e. The van der Waals surface area contributed by atoms with Crippen molar-refractivity contribution >= 4 is 16.6 Å². The standard InChI is InChI=1S/C16H39NO4Si2/c1-17(2)14-16(18)15-20-11-9-13-23(6,7)21-22(4,5)12-8-10-19-3/h16,18H,8-15H2,1-7H3. The first kappa shape index (κ1) is 23.2. The number of likely N-dealkylation sites (N-methyl/N-ethyl adjacent to an activating group) is 1. The maximum atomic E-state index is 9.75. The quantitative estimate of drug-likeness (QED) is 0.379. The molecule has 140 valence electrons. The van der Waals surface area contributed by atoms with Gasteiger partial charge in [0.1, 0.15) is 0 Å². The average Bonchev–Trinajstić information content (AvgIpc) is 2.35. The fraction of sp³-hybridized carbons (Fsp3) is 1.00. The third kappa shape index (κ3) is 14.3. The Hall–Kier alpha value is 0.234. The number of hydrogen-bond acceptors (Lipinski definition) is 5. The highest BCUT2D eigenvalue weighted by atomic mass is 28.4. The van der Waals surface area contributed by atoms with Crippen molar-refractivity contribution in [1.82, 2.24) is 4.90 Å². The van der Waals surface area contributed by atoms with Gasteiger partial charge in [0, 0.05) is 26.9 Å². The summed E-state index contributed by atoms with van der Waals surface area (Å²) < 4.78 is 17.3. The number of ether oxygens (including phenoxy) is 2. The molecule has 1 atom stereocenters. The summed E-state index contributed by atoms with van der Waals surface area (Å²) in [5, 5.41) is 9.75. The Bertz CT molecular complexity index is 302. The van der Waals surface area contributed by atoms with Gasteiger partial charge in [0.2, 0.25) is 0 Å². The Balaban J connectivity index is 3.90. The van der Waals surface area contributed by atoms with Crippen LogP contribution in [-0.4, -0.2) is 80.3 Å². The van der Waals surface area contributed by atoms with Gasteiger partial charge in [-0.2, -0.15) is 0 Å². The van der Waals surface area contributed by atoms with Gasteiger partial charge in [-0.05, 0) is 65.2 Å². The summed E-state index contributed by atoms with van der Waals surface area (Å²) in [5.74, 6) is 0. The van der Waals surface area contributed by atoms with E-state index in [1.807, 2.05) is 19.0 Å². The molecule has 0 aliphatic heterocycles. The monoisotopic (exact) mass is 365 g/mol. The van der Waals surface area contributed by atoms with Crippen LogP contribution in [0.1, 0.15) is 12.8 Å². The molecule has 23 heavy (non-hydrogen) atoms. The van der Waals surface area contributed by atoms with Crippen molar-refractivity contribution in [3.63, 3.8) is 0 Å². The van der Waals surface area contributed by atoms with Gasteiger partial charge in [-0.1, -0.05) is 0 Å². The molecule has 0 aliphatic rings. The van der Waals surface area contributed by atoms with E-state index in [-0.39, 0.29) is 0 Å². The lowest BCUT2D eigenvalue weighted by molar-refractivity contribution is 0.0243. The van der Waals surface area contributed by atoms with Gasteiger partial charge in [-0.15, -0.1) is 0 Å². The summed E-state index contributed by atoms with van der Waals surface area (Å²) in [7, 11) is 2.44. The van der Waals surface area contributed by atoms with Crippen molar-refractivity contribution in [3.05, 3.63) is 0 Å². The molecular weight excluding hydrogens is 326 g/mol. The summed E-state index contributed by atoms with van der Waals surface area (Å²) in [4.78, 5) is 1.97. The van der Waals surface area contributed by atoms with Crippen LogP contribution in [-0.2, 0) is 13.6 Å². The molecule has 0 aromatic carbocycles. The van der Waals surface area contributed by atoms with Gasteiger partial charge in [0.25, 0.3) is 0 Å².